The molecule has 1 aromatic carbocycles. The Morgan fingerprint density at radius 1 is 1.38 bits per heavy atom. The molecule has 1 N–H and O–H groups in total. The summed E-state index contributed by atoms with van der Waals surface area (Å²) >= 11 is 0. The van der Waals surface area contributed by atoms with E-state index in [1.807, 2.05) is 0 Å². The van der Waals surface area contributed by atoms with Crippen molar-refractivity contribution in [1.29, 1.82) is 0 Å². The van der Waals surface area contributed by atoms with Gasteiger partial charge in [-0.05, 0) is 23.8 Å². The number of benzene rings is 1. The molecule has 0 saturated carbocycles. The fraction of sp³-hybridized carbons (Fsp3) is 0.250. The molecule has 1 aliphatic rings. The van der Waals surface area contributed by atoms with E-state index in [0.717, 1.165) is 5.56 Å². The molecule has 2 rings (SSSR count). The molecule has 0 bridgehead atoms. The molecule has 84 valence electrons. The third-order valence-electron chi connectivity index (χ3n) is 2.34. The Kier molecular flexibility index (Phi) is 2.92. The van der Waals surface area contributed by atoms with Gasteiger partial charge in [-0.2, -0.15) is 0 Å². The molecular formula is C12H12O4. The highest BCUT2D eigenvalue weighted by Crippen LogP contribution is 2.25. The highest BCUT2D eigenvalue weighted by Gasteiger charge is 2.26. The number of phenols is 1. The van der Waals surface area contributed by atoms with Crippen LogP contribution in [-0.4, -0.2) is 30.9 Å². The molecule has 0 aliphatic carbocycles. The third-order valence-corrected chi connectivity index (χ3v) is 2.34. The second kappa shape index (κ2) is 4.37. The fourth-order valence-corrected chi connectivity index (χ4v) is 1.59. The normalized spacial score (nSPS) is 19.4. The number of carbonyl (C=O) groups excluding carboxylic acids is 1. The van der Waals surface area contributed by atoms with Gasteiger partial charge >= 0.3 is 5.97 Å². The molecule has 1 atom stereocenters. The first-order valence-electron chi connectivity index (χ1n) is 4.92. The van der Waals surface area contributed by atoms with Crippen molar-refractivity contribution in [2.45, 2.75) is 6.10 Å². The number of aromatic hydroxyl groups is 1. The lowest BCUT2D eigenvalue weighted by molar-refractivity contribution is -0.139. The van der Waals surface area contributed by atoms with Crippen LogP contribution in [0.2, 0.25) is 0 Å². The summed E-state index contributed by atoms with van der Waals surface area (Å²) in [6.45, 7) is 0.354. The molecule has 1 unspecified atom stereocenters. The van der Waals surface area contributed by atoms with Crippen molar-refractivity contribution >= 4 is 11.5 Å². The van der Waals surface area contributed by atoms with E-state index in [-0.39, 0.29) is 17.8 Å². The minimum Gasteiger partial charge on any atom is -0.508 e. The summed E-state index contributed by atoms with van der Waals surface area (Å²) in [6, 6.07) is 6.43. The van der Waals surface area contributed by atoms with Crippen LogP contribution < -0.4 is 0 Å². The molecule has 1 aromatic rings. The molecule has 0 fully saturated rings. The van der Waals surface area contributed by atoms with Gasteiger partial charge in [0.1, 0.15) is 11.9 Å². The molecule has 1 heterocycles. The first kappa shape index (κ1) is 10.7. The van der Waals surface area contributed by atoms with Crippen LogP contribution in [0.25, 0.3) is 5.57 Å². The van der Waals surface area contributed by atoms with Crippen molar-refractivity contribution in [2.75, 3.05) is 13.7 Å². The Morgan fingerprint density at radius 2 is 2.06 bits per heavy atom. The predicted molar refractivity (Wildman–Crippen MR) is 57.8 cm³/mol. The van der Waals surface area contributed by atoms with Crippen LogP contribution in [0.5, 0.6) is 5.75 Å². The zero-order chi connectivity index (χ0) is 11.5. The van der Waals surface area contributed by atoms with Crippen LogP contribution in [0.1, 0.15) is 5.56 Å². The number of cyclic esters (lactones) is 1. The van der Waals surface area contributed by atoms with E-state index in [1.54, 1.807) is 25.3 Å². The van der Waals surface area contributed by atoms with Gasteiger partial charge in [0.2, 0.25) is 0 Å². The highest BCUT2D eigenvalue weighted by atomic mass is 16.6. The first-order chi connectivity index (χ1) is 7.70. The molecule has 4 heteroatoms. The van der Waals surface area contributed by atoms with E-state index in [4.69, 9.17) is 14.6 Å². The summed E-state index contributed by atoms with van der Waals surface area (Å²) in [5, 5.41) is 9.15. The number of rotatable bonds is 3. The highest BCUT2D eigenvalue weighted by molar-refractivity contribution is 6.18. The van der Waals surface area contributed by atoms with Crippen molar-refractivity contribution in [3.05, 3.63) is 35.9 Å². The average Bonchev–Trinajstić information content (AvgIpc) is 2.61. The second-order valence-electron chi connectivity index (χ2n) is 3.53. The number of hydrogen-bond acceptors (Lipinski definition) is 4. The first-order valence-corrected chi connectivity index (χ1v) is 4.92. The van der Waals surface area contributed by atoms with Crippen LogP contribution in [0.3, 0.4) is 0 Å². The number of phenolic OH excluding ortho intramolecular Hbond substituents is 1. The van der Waals surface area contributed by atoms with Gasteiger partial charge in [0.25, 0.3) is 0 Å². The topological polar surface area (TPSA) is 55.8 Å². The van der Waals surface area contributed by atoms with E-state index in [2.05, 4.69) is 0 Å². The Balaban J connectivity index is 2.23. The minimum atomic E-state index is -0.354. The smallest absolute Gasteiger partial charge is 0.339 e. The van der Waals surface area contributed by atoms with E-state index >= 15 is 0 Å². The fourth-order valence-electron chi connectivity index (χ4n) is 1.59. The lowest BCUT2D eigenvalue weighted by Crippen LogP contribution is -2.13. The van der Waals surface area contributed by atoms with Gasteiger partial charge in [-0.25, -0.2) is 4.79 Å². The van der Waals surface area contributed by atoms with Crippen molar-refractivity contribution in [2.24, 2.45) is 0 Å². The summed E-state index contributed by atoms with van der Waals surface area (Å²) in [4.78, 5) is 11.5. The zero-order valence-electron chi connectivity index (χ0n) is 8.84. The number of hydrogen-bond donors (Lipinski definition) is 1. The maximum absolute atomic E-state index is 11.5. The molecule has 0 aromatic heterocycles. The SMILES string of the molecule is COCC1C=C(c2ccc(O)cc2)C(=O)O1. The molecule has 0 spiro atoms. The van der Waals surface area contributed by atoms with Crippen molar-refractivity contribution < 1.29 is 19.4 Å². The summed E-state index contributed by atoms with van der Waals surface area (Å²) in [7, 11) is 1.56. The monoisotopic (exact) mass is 220 g/mol. The van der Waals surface area contributed by atoms with E-state index < -0.39 is 0 Å². The zero-order valence-corrected chi connectivity index (χ0v) is 8.84. The van der Waals surface area contributed by atoms with Gasteiger partial charge in [-0.1, -0.05) is 12.1 Å². The van der Waals surface area contributed by atoms with Crippen molar-refractivity contribution in [1.82, 2.24) is 0 Å². The quantitative estimate of drug-likeness (QED) is 0.781. The molecule has 0 amide bonds. The number of esters is 1. The standard InChI is InChI=1S/C12H12O4/c1-15-7-10-6-11(12(14)16-10)8-2-4-9(13)5-3-8/h2-6,10,13H,7H2,1H3. The summed E-state index contributed by atoms with van der Waals surface area (Å²) in [6.07, 6.45) is 1.42. The summed E-state index contributed by atoms with van der Waals surface area (Å²) in [5.41, 5.74) is 1.25. The molecule has 16 heavy (non-hydrogen) atoms. The van der Waals surface area contributed by atoms with Crippen LogP contribution in [0.4, 0.5) is 0 Å². The van der Waals surface area contributed by atoms with Crippen LogP contribution in [0.15, 0.2) is 30.3 Å². The van der Waals surface area contributed by atoms with E-state index in [0.29, 0.717) is 12.2 Å². The van der Waals surface area contributed by atoms with Crippen molar-refractivity contribution in [3.8, 4) is 5.75 Å². The Morgan fingerprint density at radius 3 is 2.69 bits per heavy atom. The van der Waals surface area contributed by atoms with Gasteiger partial charge in [-0.3, -0.25) is 0 Å². The largest absolute Gasteiger partial charge is 0.508 e. The lowest BCUT2D eigenvalue weighted by Gasteiger charge is -2.04. The van der Waals surface area contributed by atoms with Gasteiger partial charge in [0.05, 0.1) is 12.2 Å². The molecule has 4 nitrogen and oxygen atoms in total. The average molecular weight is 220 g/mol. The molecule has 1 aliphatic heterocycles. The van der Waals surface area contributed by atoms with Crippen molar-refractivity contribution in [3.63, 3.8) is 0 Å². The second-order valence-corrected chi connectivity index (χ2v) is 3.53. The lowest BCUT2D eigenvalue weighted by atomic mass is 10.1. The maximum atomic E-state index is 11.5. The molecule has 0 saturated heterocycles. The van der Waals surface area contributed by atoms with Gasteiger partial charge in [0.15, 0.2) is 0 Å². The Labute approximate surface area is 93.1 Å². The van der Waals surface area contributed by atoms with Gasteiger partial charge < -0.3 is 14.6 Å². The third kappa shape index (κ3) is 2.06. The summed E-state index contributed by atoms with van der Waals surface area (Å²) < 4.78 is 10.00. The maximum Gasteiger partial charge on any atom is 0.339 e. The van der Waals surface area contributed by atoms with E-state index in [9.17, 15) is 4.79 Å². The van der Waals surface area contributed by atoms with E-state index in [1.165, 1.54) is 12.1 Å². The molecular weight excluding hydrogens is 208 g/mol. The Bertz CT molecular complexity index is 419. The predicted octanol–water partition coefficient (Wildman–Crippen LogP) is 1.35. The number of carbonyl (C=O) groups is 1. The number of ether oxygens (including phenoxy) is 2. The summed E-state index contributed by atoms with van der Waals surface area (Å²) in [5.74, 6) is -0.183. The van der Waals surface area contributed by atoms with Gasteiger partial charge in [-0.15, -0.1) is 0 Å². The minimum absolute atomic E-state index is 0.171. The van der Waals surface area contributed by atoms with Crippen LogP contribution >= 0.6 is 0 Å². The number of methoxy groups -OCH3 is 1. The van der Waals surface area contributed by atoms with Crippen LogP contribution in [-0.2, 0) is 14.3 Å². The van der Waals surface area contributed by atoms with Gasteiger partial charge in [0, 0.05) is 7.11 Å². The van der Waals surface area contributed by atoms with Crippen LogP contribution in [0, 0.1) is 0 Å². The Hall–Kier alpha value is -1.81. The molecule has 0 radical (unpaired) electrons.